The van der Waals surface area contributed by atoms with Gasteiger partial charge >= 0.3 is 6.18 Å². The van der Waals surface area contributed by atoms with Gasteiger partial charge in [-0.1, -0.05) is 11.6 Å². The number of piperazine rings is 1. The van der Waals surface area contributed by atoms with E-state index in [9.17, 15) is 21.6 Å². The molecule has 0 amide bonds. The lowest BCUT2D eigenvalue weighted by Crippen LogP contribution is -2.49. The Hall–Kier alpha value is -2.70. The first kappa shape index (κ1) is 23.5. The van der Waals surface area contributed by atoms with Crippen molar-refractivity contribution in [2.45, 2.75) is 24.9 Å². The van der Waals surface area contributed by atoms with Crippen LogP contribution in [0.5, 0.6) is 0 Å². The number of alkyl halides is 3. The van der Waals surface area contributed by atoms with Crippen molar-refractivity contribution < 1.29 is 21.6 Å². The van der Waals surface area contributed by atoms with Crippen LogP contribution in [0.4, 0.5) is 19.0 Å². The molecule has 0 spiro atoms. The number of benzene rings is 1. The van der Waals surface area contributed by atoms with Crippen molar-refractivity contribution in [3.05, 3.63) is 58.6 Å². The summed E-state index contributed by atoms with van der Waals surface area (Å²) in [6.45, 7) is 4.59. The predicted octanol–water partition coefficient (Wildman–Crippen LogP) is 3.46. The molecule has 3 aromatic rings. The third-order valence-corrected chi connectivity index (χ3v) is 7.53. The summed E-state index contributed by atoms with van der Waals surface area (Å²) in [7, 11) is -4.12. The molecule has 33 heavy (non-hydrogen) atoms. The maximum Gasteiger partial charge on any atom is 0.417 e. The molecule has 1 fully saturated rings. The number of sulfonamides is 1. The maximum absolute atomic E-state index is 13.2. The largest absolute Gasteiger partial charge is 0.417 e. The summed E-state index contributed by atoms with van der Waals surface area (Å²) in [6.07, 6.45) is -3.34. The lowest BCUT2D eigenvalue weighted by atomic mass is 10.2. The number of hydrogen-bond donors (Lipinski definition) is 0. The van der Waals surface area contributed by atoms with Crippen LogP contribution in [0.3, 0.4) is 0 Å². The van der Waals surface area contributed by atoms with Crippen LogP contribution in [0.25, 0.3) is 5.82 Å². The maximum atomic E-state index is 13.2. The Bertz CT molecular complexity index is 1290. The van der Waals surface area contributed by atoms with Gasteiger partial charge in [-0.15, -0.1) is 0 Å². The van der Waals surface area contributed by atoms with Crippen LogP contribution in [-0.2, 0) is 16.2 Å². The monoisotopic (exact) mass is 500 g/mol. The summed E-state index contributed by atoms with van der Waals surface area (Å²) < 4.78 is 68.3. The summed E-state index contributed by atoms with van der Waals surface area (Å²) in [6, 6.07) is 6.30. The van der Waals surface area contributed by atoms with Gasteiger partial charge in [0.1, 0.15) is 12.1 Å². The number of aryl methyl sites for hydroxylation is 2. The van der Waals surface area contributed by atoms with E-state index in [0.29, 0.717) is 30.8 Å². The third-order valence-electron chi connectivity index (χ3n) is 5.31. The van der Waals surface area contributed by atoms with E-state index in [1.54, 1.807) is 10.7 Å². The number of anilines is 1. The average Bonchev–Trinajstić information content (AvgIpc) is 3.11. The van der Waals surface area contributed by atoms with Gasteiger partial charge in [0.05, 0.1) is 21.2 Å². The highest BCUT2D eigenvalue weighted by molar-refractivity contribution is 7.89. The molecule has 1 saturated heterocycles. The second-order valence-corrected chi connectivity index (χ2v) is 9.95. The molecule has 0 N–H and O–H groups in total. The van der Waals surface area contributed by atoms with Crippen molar-refractivity contribution in [3.8, 4) is 5.82 Å². The van der Waals surface area contributed by atoms with Crippen LogP contribution in [-0.4, -0.2) is 58.7 Å². The van der Waals surface area contributed by atoms with E-state index in [-0.39, 0.29) is 13.1 Å². The Kier molecular flexibility index (Phi) is 6.10. The molecule has 8 nitrogen and oxygen atoms in total. The van der Waals surface area contributed by atoms with E-state index in [0.717, 1.165) is 27.8 Å². The normalized spacial score (nSPS) is 15.8. The van der Waals surface area contributed by atoms with Gasteiger partial charge < -0.3 is 4.90 Å². The van der Waals surface area contributed by atoms with Gasteiger partial charge in [-0.05, 0) is 38.1 Å². The molecule has 1 aliphatic rings. The summed E-state index contributed by atoms with van der Waals surface area (Å²) in [4.78, 5) is 10.00. The number of rotatable bonds is 4. The van der Waals surface area contributed by atoms with Crippen molar-refractivity contribution in [1.29, 1.82) is 0 Å². The quantitative estimate of drug-likeness (QED) is 0.545. The minimum atomic E-state index is -4.75. The molecule has 4 rings (SSSR count). The highest BCUT2D eigenvalue weighted by atomic mass is 35.5. The molecular weight excluding hydrogens is 481 g/mol. The minimum Gasteiger partial charge on any atom is -0.354 e. The number of halogens is 4. The van der Waals surface area contributed by atoms with Crippen LogP contribution in [0, 0.1) is 13.8 Å². The van der Waals surface area contributed by atoms with Crippen LogP contribution in [0.1, 0.15) is 17.0 Å². The van der Waals surface area contributed by atoms with E-state index in [1.807, 2.05) is 24.8 Å². The molecule has 2 aromatic heterocycles. The van der Waals surface area contributed by atoms with Gasteiger partial charge in [0.25, 0.3) is 0 Å². The van der Waals surface area contributed by atoms with Gasteiger partial charge in [0.15, 0.2) is 5.82 Å². The Morgan fingerprint density at radius 3 is 2.24 bits per heavy atom. The molecule has 0 aliphatic carbocycles. The van der Waals surface area contributed by atoms with Gasteiger partial charge in [0, 0.05) is 37.9 Å². The van der Waals surface area contributed by atoms with Crippen molar-refractivity contribution in [2.75, 3.05) is 31.1 Å². The van der Waals surface area contributed by atoms with Crippen molar-refractivity contribution >= 4 is 27.4 Å². The zero-order chi connectivity index (χ0) is 24.0. The Labute approximate surface area is 193 Å². The van der Waals surface area contributed by atoms with Crippen LogP contribution in [0.15, 0.2) is 41.6 Å². The third kappa shape index (κ3) is 4.68. The van der Waals surface area contributed by atoms with E-state index >= 15 is 0 Å². The Morgan fingerprint density at radius 1 is 0.970 bits per heavy atom. The fourth-order valence-electron chi connectivity index (χ4n) is 3.68. The molecule has 1 aromatic carbocycles. The summed E-state index contributed by atoms with van der Waals surface area (Å²) in [5.74, 6) is 1.19. The van der Waals surface area contributed by atoms with Crippen LogP contribution >= 0.6 is 11.6 Å². The minimum absolute atomic E-state index is 0.0888. The Morgan fingerprint density at radius 2 is 1.64 bits per heavy atom. The molecule has 0 bridgehead atoms. The van der Waals surface area contributed by atoms with Crippen molar-refractivity contribution in [3.63, 3.8) is 0 Å². The molecule has 1 aliphatic heterocycles. The standard InChI is InChI=1S/C20H20ClF3N6O2S/c1-13-9-14(2)30(27-13)19-11-18(25-12-26-19)28-5-7-29(8-6-28)33(31,32)15-3-4-17(21)16(10-15)20(22,23)24/h3-4,9-12H,5-8H2,1-2H3. The topological polar surface area (TPSA) is 84.2 Å². The molecular formula is C20H20ClF3N6O2S. The van der Waals surface area contributed by atoms with Gasteiger partial charge in [-0.25, -0.2) is 23.1 Å². The van der Waals surface area contributed by atoms with Gasteiger partial charge in [-0.3, -0.25) is 0 Å². The van der Waals surface area contributed by atoms with Crippen molar-refractivity contribution in [1.82, 2.24) is 24.1 Å². The SMILES string of the molecule is Cc1cc(C)n(-c2cc(N3CCN(S(=O)(=O)c4ccc(Cl)c(C(F)(F)F)c4)CC3)ncn2)n1. The fraction of sp³-hybridized carbons (Fsp3) is 0.350. The van der Waals surface area contributed by atoms with Gasteiger partial charge in [0.2, 0.25) is 10.0 Å². The zero-order valence-electron chi connectivity index (χ0n) is 17.7. The van der Waals surface area contributed by atoms with E-state index in [2.05, 4.69) is 15.1 Å². The summed E-state index contributed by atoms with van der Waals surface area (Å²) >= 11 is 5.62. The average molecular weight is 501 g/mol. The molecule has 3 heterocycles. The molecule has 0 saturated carbocycles. The van der Waals surface area contributed by atoms with Crippen LogP contribution < -0.4 is 4.90 Å². The lowest BCUT2D eigenvalue weighted by Gasteiger charge is -2.34. The molecule has 0 atom stereocenters. The molecule has 0 unspecified atom stereocenters. The zero-order valence-corrected chi connectivity index (χ0v) is 19.3. The summed E-state index contributed by atoms with van der Waals surface area (Å²) in [5, 5.41) is 3.86. The Balaban J connectivity index is 1.51. The van der Waals surface area contributed by atoms with Crippen LogP contribution in [0.2, 0.25) is 5.02 Å². The second kappa shape index (κ2) is 8.58. The first-order valence-corrected chi connectivity index (χ1v) is 11.8. The lowest BCUT2D eigenvalue weighted by molar-refractivity contribution is -0.137. The van der Waals surface area contributed by atoms with E-state index in [1.165, 1.54) is 6.33 Å². The number of aromatic nitrogens is 4. The number of hydrogen-bond acceptors (Lipinski definition) is 6. The molecule has 13 heteroatoms. The molecule has 176 valence electrons. The highest BCUT2D eigenvalue weighted by Gasteiger charge is 2.36. The second-order valence-electron chi connectivity index (χ2n) is 7.60. The van der Waals surface area contributed by atoms with Gasteiger partial charge in [-0.2, -0.15) is 22.6 Å². The first-order chi connectivity index (χ1) is 15.5. The number of nitrogens with zero attached hydrogens (tertiary/aromatic N) is 6. The molecule has 0 radical (unpaired) electrons. The van der Waals surface area contributed by atoms with E-state index < -0.39 is 31.7 Å². The van der Waals surface area contributed by atoms with E-state index in [4.69, 9.17) is 11.6 Å². The first-order valence-electron chi connectivity index (χ1n) is 9.94. The highest BCUT2D eigenvalue weighted by Crippen LogP contribution is 2.36. The van der Waals surface area contributed by atoms with Crippen molar-refractivity contribution in [2.24, 2.45) is 0 Å². The predicted molar refractivity (Wildman–Crippen MR) is 116 cm³/mol. The fourth-order valence-corrected chi connectivity index (χ4v) is 5.35. The smallest absolute Gasteiger partial charge is 0.354 e. The summed E-state index contributed by atoms with van der Waals surface area (Å²) in [5.41, 5.74) is 0.582.